The minimum Gasteiger partial charge on any atom is -0.386 e. The molecule has 1 aliphatic rings. The van der Waals surface area contributed by atoms with Gasteiger partial charge in [0.1, 0.15) is 6.10 Å². The molecule has 0 amide bonds. The van der Waals surface area contributed by atoms with Crippen LogP contribution in [0, 0.1) is 11.8 Å². The monoisotopic (exact) mass is 181 g/mol. The Bertz CT molecular complexity index is 259. The molecule has 0 radical (unpaired) electrons. The van der Waals surface area contributed by atoms with Crippen LogP contribution in [0.5, 0.6) is 0 Å². The maximum Gasteiger partial charge on any atom is 0.104 e. The van der Waals surface area contributed by atoms with Gasteiger partial charge in [0.2, 0.25) is 0 Å². The van der Waals surface area contributed by atoms with Crippen LogP contribution in [0.2, 0.25) is 0 Å². The Labute approximate surface area is 80.4 Å². The summed E-state index contributed by atoms with van der Waals surface area (Å²) in [5, 5.41) is 9.87. The van der Waals surface area contributed by atoms with E-state index in [0.29, 0.717) is 5.92 Å². The summed E-state index contributed by atoms with van der Waals surface area (Å²) in [6, 6.07) is 0. The molecule has 1 aliphatic heterocycles. The zero-order valence-electron chi connectivity index (χ0n) is 9.13. The molecule has 0 unspecified atom stereocenters. The number of aliphatic hydroxyl groups excluding tert-OH is 1. The summed E-state index contributed by atoms with van der Waals surface area (Å²) >= 11 is 0. The van der Waals surface area contributed by atoms with Crippen LogP contribution in [0.4, 0.5) is 0 Å². The minimum absolute atomic E-state index is 0.185. The third-order valence-electron chi connectivity index (χ3n) is 2.57. The van der Waals surface area contributed by atoms with Crippen LogP contribution in [0.25, 0.3) is 0 Å². The largest absolute Gasteiger partial charge is 0.386 e. The van der Waals surface area contributed by atoms with E-state index in [1.54, 1.807) is 0 Å². The van der Waals surface area contributed by atoms with E-state index in [2.05, 4.69) is 18.8 Å². The number of aliphatic imine (C=N–C) groups is 1. The van der Waals surface area contributed by atoms with Gasteiger partial charge in [-0.2, -0.15) is 0 Å². The first-order chi connectivity index (χ1) is 5.95. The maximum absolute atomic E-state index is 9.87. The van der Waals surface area contributed by atoms with Crippen molar-refractivity contribution in [1.29, 1.82) is 0 Å². The Balaban J connectivity index is 3.03. The Hall–Kier alpha value is -0.630. The second kappa shape index (κ2) is 3.62. The Morgan fingerprint density at radius 1 is 1.38 bits per heavy atom. The fraction of sp³-hybridized carbons (Fsp3) is 0.727. The average molecular weight is 181 g/mol. The van der Waals surface area contributed by atoms with Crippen molar-refractivity contribution in [1.82, 2.24) is 0 Å². The lowest BCUT2D eigenvalue weighted by Gasteiger charge is -2.13. The van der Waals surface area contributed by atoms with Gasteiger partial charge in [0.05, 0.1) is 5.70 Å². The van der Waals surface area contributed by atoms with Gasteiger partial charge in [0, 0.05) is 11.6 Å². The van der Waals surface area contributed by atoms with Crippen molar-refractivity contribution in [2.75, 3.05) is 0 Å². The van der Waals surface area contributed by atoms with E-state index in [1.165, 1.54) is 0 Å². The van der Waals surface area contributed by atoms with Crippen LogP contribution in [0.15, 0.2) is 16.3 Å². The van der Waals surface area contributed by atoms with Crippen LogP contribution in [-0.4, -0.2) is 16.9 Å². The smallest absolute Gasteiger partial charge is 0.104 e. The van der Waals surface area contributed by atoms with Gasteiger partial charge in [-0.3, -0.25) is 4.99 Å². The van der Waals surface area contributed by atoms with E-state index < -0.39 is 0 Å². The highest BCUT2D eigenvalue weighted by Gasteiger charge is 2.31. The predicted octanol–water partition coefficient (Wildman–Crippen LogP) is 2.39. The molecule has 1 heterocycles. The number of allylic oxidation sites excluding steroid dienone is 1. The van der Waals surface area contributed by atoms with E-state index in [4.69, 9.17) is 0 Å². The number of aliphatic hydroxyl groups is 1. The summed E-state index contributed by atoms with van der Waals surface area (Å²) in [5.74, 6) is 0.617. The van der Waals surface area contributed by atoms with Crippen molar-refractivity contribution in [2.24, 2.45) is 16.8 Å². The molecule has 0 aromatic heterocycles. The topological polar surface area (TPSA) is 32.6 Å². The predicted molar refractivity (Wildman–Crippen MR) is 55.8 cm³/mol. The lowest BCUT2D eigenvalue weighted by Crippen LogP contribution is -2.23. The van der Waals surface area contributed by atoms with Crippen LogP contribution >= 0.6 is 0 Å². The molecule has 2 atom stereocenters. The maximum atomic E-state index is 9.87. The van der Waals surface area contributed by atoms with Crippen LogP contribution in [0.1, 0.15) is 34.6 Å². The summed E-state index contributed by atoms with van der Waals surface area (Å²) in [5.41, 5.74) is 3.12. The summed E-state index contributed by atoms with van der Waals surface area (Å²) in [6.07, 6.45) is -0.387. The minimum atomic E-state index is -0.387. The molecular weight excluding hydrogens is 162 g/mol. The Morgan fingerprint density at radius 3 is 2.15 bits per heavy atom. The lowest BCUT2D eigenvalue weighted by atomic mass is 9.93. The molecule has 0 bridgehead atoms. The normalized spacial score (nSPS) is 28.2. The Morgan fingerprint density at radius 2 is 1.92 bits per heavy atom. The fourth-order valence-corrected chi connectivity index (χ4v) is 1.77. The van der Waals surface area contributed by atoms with Gasteiger partial charge in [-0.1, -0.05) is 26.3 Å². The Kier molecular flexibility index (Phi) is 2.91. The zero-order valence-corrected chi connectivity index (χ0v) is 9.13. The third-order valence-corrected chi connectivity index (χ3v) is 2.57. The SMILES string of the molecule is CC(C)=C1N=C(C(C)C)[C@H](C)[C@@H]1O. The molecule has 2 nitrogen and oxygen atoms in total. The quantitative estimate of drug-likeness (QED) is 0.662. The zero-order chi connectivity index (χ0) is 10.2. The van der Waals surface area contributed by atoms with Gasteiger partial charge in [-0.15, -0.1) is 0 Å². The van der Waals surface area contributed by atoms with Gasteiger partial charge >= 0.3 is 0 Å². The van der Waals surface area contributed by atoms with Crippen LogP contribution in [-0.2, 0) is 0 Å². The summed E-state index contributed by atoms with van der Waals surface area (Å²) in [4.78, 5) is 4.50. The van der Waals surface area contributed by atoms with E-state index in [0.717, 1.165) is 17.0 Å². The highest BCUT2D eigenvalue weighted by molar-refractivity contribution is 5.92. The highest BCUT2D eigenvalue weighted by Crippen LogP contribution is 2.29. The van der Waals surface area contributed by atoms with Crippen LogP contribution in [0.3, 0.4) is 0 Å². The molecule has 0 saturated carbocycles. The molecule has 0 aromatic rings. The van der Waals surface area contributed by atoms with E-state index in [9.17, 15) is 5.11 Å². The van der Waals surface area contributed by atoms with Gasteiger partial charge < -0.3 is 5.11 Å². The summed E-state index contributed by atoms with van der Waals surface area (Å²) in [6.45, 7) is 10.3. The lowest BCUT2D eigenvalue weighted by molar-refractivity contribution is 0.186. The highest BCUT2D eigenvalue weighted by atomic mass is 16.3. The van der Waals surface area contributed by atoms with E-state index >= 15 is 0 Å². The molecule has 2 heteroatoms. The first-order valence-corrected chi connectivity index (χ1v) is 4.89. The molecule has 1 rings (SSSR count). The standard InChI is InChI=1S/C11H19NO/c1-6(2)9-8(5)11(13)10(12-9)7(3)4/h6,8,11,13H,1-5H3/t8-,11-/m0/s1. The first-order valence-electron chi connectivity index (χ1n) is 4.89. The van der Waals surface area contributed by atoms with Gasteiger partial charge in [-0.05, 0) is 19.8 Å². The second-order valence-corrected chi connectivity index (χ2v) is 4.31. The molecule has 1 N–H and O–H groups in total. The van der Waals surface area contributed by atoms with Gasteiger partial charge in [0.15, 0.2) is 0 Å². The van der Waals surface area contributed by atoms with Crippen molar-refractivity contribution in [3.05, 3.63) is 11.3 Å². The molecule has 74 valence electrons. The molecular formula is C11H19NO. The second-order valence-electron chi connectivity index (χ2n) is 4.31. The molecule has 0 saturated heterocycles. The molecule has 0 aromatic carbocycles. The van der Waals surface area contributed by atoms with Crippen molar-refractivity contribution >= 4 is 5.71 Å². The molecule has 0 aliphatic carbocycles. The van der Waals surface area contributed by atoms with Crippen molar-refractivity contribution in [3.8, 4) is 0 Å². The molecule has 0 spiro atoms. The van der Waals surface area contributed by atoms with Crippen molar-refractivity contribution in [2.45, 2.75) is 40.7 Å². The molecule has 13 heavy (non-hydrogen) atoms. The summed E-state index contributed by atoms with van der Waals surface area (Å²) in [7, 11) is 0. The van der Waals surface area contributed by atoms with Crippen molar-refractivity contribution < 1.29 is 5.11 Å². The number of hydrogen-bond acceptors (Lipinski definition) is 2. The van der Waals surface area contributed by atoms with E-state index in [1.807, 2.05) is 20.8 Å². The average Bonchev–Trinajstić information content (AvgIpc) is 2.29. The number of hydrogen-bond donors (Lipinski definition) is 1. The fourth-order valence-electron chi connectivity index (χ4n) is 1.77. The number of rotatable bonds is 1. The first kappa shape index (κ1) is 10.5. The van der Waals surface area contributed by atoms with E-state index in [-0.39, 0.29) is 12.0 Å². The summed E-state index contributed by atoms with van der Waals surface area (Å²) < 4.78 is 0. The van der Waals surface area contributed by atoms with Crippen LogP contribution < -0.4 is 0 Å². The van der Waals surface area contributed by atoms with Gasteiger partial charge in [0.25, 0.3) is 0 Å². The number of nitrogens with zero attached hydrogens (tertiary/aromatic N) is 1. The van der Waals surface area contributed by atoms with Gasteiger partial charge in [-0.25, -0.2) is 0 Å². The third kappa shape index (κ3) is 1.83. The molecule has 0 fully saturated rings. The van der Waals surface area contributed by atoms with Crippen molar-refractivity contribution in [3.63, 3.8) is 0 Å².